The number of methoxy groups -OCH3 is 1. The number of hydrogen-bond donors (Lipinski definition) is 1. The van der Waals surface area contributed by atoms with Crippen LogP contribution in [0.3, 0.4) is 0 Å². The summed E-state index contributed by atoms with van der Waals surface area (Å²) in [4.78, 5) is 23.7. The number of aryl methyl sites for hydroxylation is 1. The predicted molar refractivity (Wildman–Crippen MR) is 88.2 cm³/mol. The van der Waals surface area contributed by atoms with Crippen LogP contribution >= 0.6 is 11.3 Å². The number of aromatic nitrogens is 1. The van der Waals surface area contributed by atoms with Crippen molar-refractivity contribution in [1.29, 1.82) is 0 Å². The van der Waals surface area contributed by atoms with Gasteiger partial charge < -0.3 is 15.0 Å². The van der Waals surface area contributed by atoms with Crippen LogP contribution in [0, 0.1) is 12.8 Å². The van der Waals surface area contributed by atoms with Gasteiger partial charge in [0, 0.05) is 44.2 Å². The Morgan fingerprint density at radius 1 is 1.55 bits per heavy atom. The van der Waals surface area contributed by atoms with Crippen LogP contribution in [0.4, 0.5) is 0 Å². The fourth-order valence-electron chi connectivity index (χ4n) is 2.62. The average molecular weight is 324 g/mol. The minimum Gasteiger partial charge on any atom is -0.469 e. The number of rotatable bonds is 4. The fraction of sp³-hybridized carbons (Fsp3) is 0.667. The van der Waals surface area contributed by atoms with Gasteiger partial charge in [-0.25, -0.2) is 4.98 Å². The van der Waals surface area contributed by atoms with Gasteiger partial charge in [0.05, 0.1) is 18.0 Å². The third kappa shape index (κ3) is 4.43. The summed E-state index contributed by atoms with van der Waals surface area (Å²) in [6.07, 6.45) is 4.45. The summed E-state index contributed by atoms with van der Waals surface area (Å²) in [5, 5.41) is 4.52. The number of carbonyl (C=O) groups excluding carboxylic acids is 1. The zero-order valence-electron chi connectivity index (χ0n) is 13.5. The first-order chi connectivity index (χ1) is 10.6. The van der Waals surface area contributed by atoms with E-state index in [0.29, 0.717) is 0 Å². The largest absolute Gasteiger partial charge is 0.469 e. The number of carbonyl (C=O) groups is 1. The van der Waals surface area contributed by atoms with E-state index in [-0.39, 0.29) is 11.9 Å². The summed E-state index contributed by atoms with van der Waals surface area (Å²) in [5.74, 6) is 0.830. The quantitative estimate of drug-likeness (QED) is 0.516. The van der Waals surface area contributed by atoms with Crippen LogP contribution in [-0.2, 0) is 16.0 Å². The van der Waals surface area contributed by atoms with Crippen molar-refractivity contribution in [3.8, 4) is 0 Å². The number of hydrogen-bond acceptors (Lipinski definition) is 5. The Balaban J connectivity index is 1.77. The Bertz CT molecular complexity index is 521. The van der Waals surface area contributed by atoms with Crippen LogP contribution in [-0.4, -0.2) is 55.6 Å². The molecule has 6 nitrogen and oxygen atoms in total. The van der Waals surface area contributed by atoms with Gasteiger partial charge in [-0.3, -0.25) is 9.79 Å². The van der Waals surface area contributed by atoms with Crippen LogP contribution in [0.15, 0.2) is 11.2 Å². The Hall–Kier alpha value is -1.63. The third-order valence-corrected chi connectivity index (χ3v) is 4.80. The van der Waals surface area contributed by atoms with Gasteiger partial charge in [-0.05, 0) is 19.8 Å². The Morgan fingerprint density at radius 2 is 2.27 bits per heavy atom. The third-order valence-electron chi connectivity index (χ3n) is 3.83. The summed E-state index contributed by atoms with van der Waals surface area (Å²) in [6.45, 7) is 4.54. The number of aliphatic imine (C=N–C) groups is 1. The second-order valence-electron chi connectivity index (χ2n) is 5.37. The molecule has 0 atom stereocenters. The monoisotopic (exact) mass is 324 g/mol. The van der Waals surface area contributed by atoms with Crippen LogP contribution in [0.5, 0.6) is 0 Å². The molecule has 0 aromatic carbocycles. The van der Waals surface area contributed by atoms with Gasteiger partial charge in [0.15, 0.2) is 5.96 Å². The van der Waals surface area contributed by atoms with Crippen molar-refractivity contribution in [2.75, 3.05) is 33.8 Å². The average Bonchev–Trinajstić information content (AvgIpc) is 2.96. The van der Waals surface area contributed by atoms with Crippen molar-refractivity contribution in [1.82, 2.24) is 15.2 Å². The van der Waals surface area contributed by atoms with Gasteiger partial charge in [0.1, 0.15) is 0 Å². The standard InChI is InChI=1S/C15H24N4O2S/c1-11-10-18-13(22-11)4-7-17-15(16-2)19-8-5-12(6-9-19)14(20)21-3/h10,12H,4-9H2,1-3H3,(H,16,17). The molecule has 122 valence electrons. The predicted octanol–water partition coefficient (Wildman–Crippen LogP) is 1.45. The lowest BCUT2D eigenvalue weighted by Gasteiger charge is -2.33. The van der Waals surface area contributed by atoms with Gasteiger partial charge in [-0.1, -0.05) is 0 Å². The number of esters is 1. The van der Waals surface area contributed by atoms with E-state index in [0.717, 1.165) is 49.9 Å². The summed E-state index contributed by atoms with van der Waals surface area (Å²) >= 11 is 1.73. The van der Waals surface area contributed by atoms with E-state index in [2.05, 4.69) is 27.1 Å². The highest BCUT2D eigenvalue weighted by Gasteiger charge is 2.26. The van der Waals surface area contributed by atoms with E-state index in [9.17, 15) is 4.79 Å². The number of nitrogens with zero attached hydrogens (tertiary/aromatic N) is 3. The van der Waals surface area contributed by atoms with Crippen molar-refractivity contribution in [3.05, 3.63) is 16.1 Å². The fourth-order valence-corrected chi connectivity index (χ4v) is 3.41. The molecule has 2 rings (SSSR count). The lowest BCUT2D eigenvalue weighted by atomic mass is 9.97. The molecular formula is C15H24N4O2S. The maximum Gasteiger partial charge on any atom is 0.308 e. The van der Waals surface area contributed by atoms with Gasteiger partial charge in [0.2, 0.25) is 0 Å². The molecule has 0 saturated carbocycles. The van der Waals surface area contributed by atoms with Crippen LogP contribution in [0.25, 0.3) is 0 Å². The van der Waals surface area contributed by atoms with E-state index >= 15 is 0 Å². The van der Waals surface area contributed by atoms with Crippen LogP contribution in [0.2, 0.25) is 0 Å². The van der Waals surface area contributed by atoms with Gasteiger partial charge in [-0.2, -0.15) is 0 Å². The second kappa shape index (κ2) is 8.12. The van der Waals surface area contributed by atoms with Gasteiger partial charge >= 0.3 is 5.97 Å². The normalized spacial score (nSPS) is 16.7. The highest BCUT2D eigenvalue weighted by atomic mass is 32.1. The zero-order chi connectivity index (χ0) is 15.9. The van der Waals surface area contributed by atoms with Crippen molar-refractivity contribution in [2.45, 2.75) is 26.2 Å². The molecule has 1 saturated heterocycles. The minimum atomic E-state index is -0.0956. The SMILES string of the molecule is CN=C(NCCc1ncc(C)s1)N1CCC(C(=O)OC)CC1. The molecule has 0 spiro atoms. The Kier molecular flexibility index (Phi) is 6.18. The molecular weight excluding hydrogens is 300 g/mol. The minimum absolute atomic E-state index is 0.0256. The van der Waals surface area contributed by atoms with Crippen molar-refractivity contribution < 1.29 is 9.53 Å². The molecule has 1 aliphatic heterocycles. The highest BCUT2D eigenvalue weighted by Crippen LogP contribution is 2.18. The second-order valence-corrected chi connectivity index (χ2v) is 6.69. The molecule has 0 radical (unpaired) electrons. The van der Waals surface area contributed by atoms with Gasteiger partial charge in [0.25, 0.3) is 0 Å². The number of piperidine rings is 1. The zero-order valence-corrected chi connectivity index (χ0v) is 14.3. The maximum absolute atomic E-state index is 11.6. The van der Waals surface area contributed by atoms with E-state index in [1.54, 1.807) is 18.4 Å². The molecule has 1 aliphatic rings. The molecule has 22 heavy (non-hydrogen) atoms. The first kappa shape index (κ1) is 16.7. The summed E-state index contributed by atoms with van der Waals surface area (Å²) < 4.78 is 4.82. The molecule has 1 aromatic rings. The molecule has 0 unspecified atom stereocenters. The van der Waals surface area contributed by atoms with Crippen molar-refractivity contribution in [2.24, 2.45) is 10.9 Å². The van der Waals surface area contributed by atoms with E-state index in [1.165, 1.54) is 12.0 Å². The lowest BCUT2D eigenvalue weighted by Crippen LogP contribution is -2.47. The first-order valence-electron chi connectivity index (χ1n) is 7.58. The topological polar surface area (TPSA) is 66.8 Å². The molecule has 1 fully saturated rings. The van der Waals surface area contributed by atoms with E-state index in [4.69, 9.17) is 4.74 Å². The molecule has 0 aliphatic carbocycles. The maximum atomic E-state index is 11.6. The van der Waals surface area contributed by atoms with E-state index < -0.39 is 0 Å². The Labute approximate surface area is 135 Å². The molecule has 0 amide bonds. The van der Waals surface area contributed by atoms with Crippen LogP contribution < -0.4 is 5.32 Å². The van der Waals surface area contributed by atoms with Crippen molar-refractivity contribution in [3.63, 3.8) is 0 Å². The first-order valence-corrected chi connectivity index (χ1v) is 8.40. The number of nitrogens with one attached hydrogen (secondary N) is 1. The number of guanidine groups is 1. The van der Waals surface area contributed by atoms with Crippen LogP contribution in [0.1, 0.15) is 22.7 Å². The summed E-state index contributed by atoms with van der Waals surface area (Å²) in [5.41, 5.74) is 0. The van der Waals surface area contributed by atoms with Gasteiger partial charge in [-0.15, -0.1) is 11.3 Å². The molecule has 2 heterocycles. The lowest BCUT2D eigenvalue weighted by molar-refractivity contribution is -0.146. The summed E-state index contributed by atoms with van der Waals surface area (Å²) in [7, 11) is 3.25. The molecule has 1 N–H and O–H groups in total. The molecule has 7 heteroatoms. The number of likely N-dealkylation sites (tertiary alicyclic amines) is 1. The highest BCUT2D eigenvalue weighted by molar-refractivity contribution is 7.11. The number of thiazole rings is 1. The van der Waals surface area contributed by atoms with E-state index in [1.807, 2.05) is 6.20 Å². The summed E-state index contributed by atoms with van der Waals surface area (Å²) in [6, 6.07) is 0. The smallest absolute Gasteiger partial charge is 0.308 e. The molecule has 0 bridgehead atoms. The van der Waals surface area contributed by atoms with Crippen molar-refractivity contribution >= 4 is 23.3 Å². The Morgan fingerprint density at radius 3 is 2.82 bits per heavy atom. The number of ether oxygens (including phenoxy) is 1. The molecule has 1 aromatic heterocycles.